The van der Waals surface area contributed by atoms with Crippen LogP contribution in [0.5, 0.6) is 0 Å². The van der Waals surface area contributed by atoms with Gasteiger partial charge in [0.2, 0.25) is 5.91 Å². The average molecular weight is 398 g/mol. The lowest BCUT2D eigenvalue weighted by atomic mass is 10.1. The second kappa shape index (κ2) is 6.71. The zero-order valence-electron chi connectivity index (χ0n) is 15.3. The van der Waals surface area contributed by atoms with Crippen molar-refractivity contribution in [3.8, 4) is 5.69 Å². The Morgan fingerprint density at radius 1 is 1.18 bits per heavy atom. The molecule has 1 aliphatic rings. The summed E-state index contributed by atoms with van der Waals surface area (Å²) in [6, 6.07) is 10.0. The molecule has 1 aromatic heterocycles. The summed E-state index contributed by atoms with van der Waals surface area (Å²) in [7, 11) is -3.80. The molecule has 1 N–H and O–H groups in total. The van der Waals surface area contributed by atoms with Crippen LogP contribution in [0, 0.1) is 6.92 Å². The highest BCUT2D eigenvalue weighted by Crippen LogP contribution is 2.31. The normalized spacial score (nSPS) is 13.4. The third-order valence-electron chi connectivity index (χ3n) is 4.78. The molecule has 0 fully saturated rings. The minimum absolute atomic E-state index is 0.0532. The van der Waals surface area contributed by atoms with Gasteiger partial charge >= 0.3 is 0 Å². The van der Waals surface area contributed by atoms with Gasteiger partial charge in [0.15, 0.2) is 0 Å². The number of carbonyl (C=O) groups is 1. The van der Waals surface area contributed by atoms with Crippen LogP contribution in [0.15, 0.2) is 47.6 Å². The summed E-state index contributed by atoms with van der Waals surface area (Å²) in [6.07, 6.45) is 2.08. The number of aromatic nitrogens is 4. The van der Waals surface area contributed by atoms with E-state index in [-0.39, 0.29) is 10.8 Å². The zero-order valence-corrected chi connectivity index (χ0v) is 16.1. The molecular weight excluding hydrogens is 380 g/mol. The second-order valence-electron chi connectivity index (χ2n) is 6.52. The Kier molecular flexibility index (Phi) is 4.34. The zero-order chi connectivity index (χ0) is 19.9. The molecule has 10 heteroatoms. The number of carbonyl (C=O) groups excluding carboxylic acids is 1. The largest absolute Gasteiger partial charge is 0.312 e. The summed E-state index contributed by atoms with van der Waals surface area (Å²) >= 11 is 0. The average Bonchev–Trinajstić information content (AvgIpc) is 3.32. The highest BCUT2D eigenvalue weighted by atomic mass is 32.2. The molecule has 0 atom stereocenters. The maximum absolute atomic E-state index is 12.9. The van der Waals surface area contributed by atoms with E-state index in [4.69, 9.17) is 0 Å². The predicted octanol–water partition coefficient (Wildman–Crippen LogP) is 1.68. The summed E-state index contributed by atoms with van der Waals surface area (Å²) in [5, 5.41) is 11.1. The van der Waals surface area contributed by atoms with Crippen LogP contribution in [0.3, 0.4) is 0 Å². The first-order valence-electron chi connectivity index (χ1n) is 8.63. The summed E-state index contributed by atoms with van der Waals surface area (Å²) in [5.74, 6) is -0.0532. The van der Waals surface area contributed by atoms with Crippen molar-refractivity contribution in [1.29, 1.82) is 0 Å². The van der Waals surface area contributed by atoms with E-state index < -0.39 is 10.0 Å². The van der Waals surface area contributed by atoms with Gasteiger partial charge in [-0.05, 0) is 65.2 Å². The van der Waals surface area contributed by atoms with E-state index in [1.165, 1.54) is 24.0 Å². The number of hydrogen-bond donors (Lipinski definition) is 1. The van der Waals surface area contributed by atoms with Crippen LogP contribution in [-0.4, -0.2) is 41.1 Å². The van der Waals surface area contributed by atoms with Gasteiger partial charge in [0.25, 0.3) is 10.0 Å². The SMILES string of the molecule is CC(=O)N1CCc2cc(S(=O)(=O)Nc3cccc(-n4cnnn4)c3C)ccc21. The third-order valence-corrected chi connectivity index (χ3v) is 6.15. The minimum atomic E-state index is -3.80. The number of sulfonamides is 1. The quantitative estimate of drug-likeness (QED) is 0.716. The number of rotatable bonds is 4. The van der Waals surface area contributed by atoms with Crippen LogP contribution in [0.1, 0.15) is 18.1 Å². The molecule has 0 radical (unpaired) electrons. The third kappa shape index (κ3) is 3.11. The maximum atomic E-state index is 12.9. The van der Waals surface area contributed by atoms with Gasteiger partial charge in [0.05, 0.1) is 16.3 Å². The van der Waals surface area contributed by atoms with Crippen molar-refractivity contribution >= 4 is 27.3 Å². The highest BCUT2D eigenvalue weighted by Gasteiger charge is 2.25. The van der Waals surface area contributed by atoms with Gasteiger partial charge in [0, 0.05) is 19.2 Å². The number of tetrazole rings is 1. The monoisotopic (exact) mass is 398 g/mol. The van der Waals surface area contributed by atoms with Gasteiger partial charge in [-0.25, -0.2) is 13.1 Å². The van der Waals surface area contributed by atoms with Crippen molar-refractivity contribution in [3.63, 3.8) is 0 Å². The fourth-order valence-corrected chi connectivity index (χ4v) is 4.50. The number of nitrogens with zero attached hydrogens (tertiary/aromatic N) is 5. The van der Waals surface area contributed by atoms with Crippen LogP contribution >= 0.6 is 0 Å². The molecule has 1 aliphatic heterocycles. The van der Waals surface area contributed by atoms with Crippen molar-refractivity contribution in [2.45, 2.75) is 25.2 Å². The number of anilines is 2. The predicted molar refractivity (Wildman–Crippen MR) is 103 cm³/mol. The molecule has 3 aromatic rings. The van der Waals surface area contributed by atoms with Crippen molar-refractivity contribution in [1.82, 2.24) is 20.2 Å². The lowest BCUT2D eigenvalue weighted by molar-refractivity contribution is -0.116. The minimum Gasteiger partial charge on any atom is -0.312 e. The Morgan fingerprint density at radius 2 is 2.00 bits per heavy atom. The van der Waals surface area contributed by atoms with E-state index in [9.17, 15) is 13.2 Å². The van der Waals surface area contributed by atoms with E-state index >= 15 is 0 Å². The fraction of sp³-hybridized carbons (Fsp3) is 0.222. The number of benzene rings is 2. The van der Waals surface area contributed by atoms with Crippen LogP contribution < -0.4 is 9.62 Å². The number of nitrogens with one attached hydrogen (secondary N) is 1. The first kappa shape index (κ1) is 18.1. The van der Waals surface area contributed by atoms with Gasteiger partial charge in [-0.15, -0.1) is 5.10 Å². The Balaban J connectivity index is 1.66. The van der Waals surface area contributed by atoms with Gasteiger partial charge in [0.1, 0.15) is 6.33 Å². The van der Waals surface area contributed by atoms with Crippen molar-refractivity contribution < 1.29 is 13.2 Å². The Morgan fingerprint density at radius 3 is 2.71 bits per heavy atom. The number of amides is 1. The lowest BCUT2D eigenvalue weighted by Crippen LogP contribution is -2.25. The topological polar surface area (TPSA) is 110 Å². The second-order valence-corrected chi connectivity index (χ2v) is 8.20. The van der Waals surface area contributed by atoms with E-state index in [0.717, 1.165) is 11.3 Å². The maximum Gasteiger partial charge on any atom is 0.261 e. The smallest absolute Gasteiger partial charge is 0.261 e. The molecule has 0 unspecified atom stereocenters. The van der Waals surface area contributed by atoms with E-state index in [2.05, 4.69) is 20.2 Å². The Bertz CT molecular complexity index is 1160. The van der Waals surface area contributed by atoms with Gasteiger partial charge in [-0.1, -0.05) is 6.07 Å². The molecule has 0 bridgehead atoms. The van der Waals surface area contributed by atoms with Gasteiger partial charge < -0.3 is 4.90 Å². The molecule has 144 valence electrons. The molecule has 0 saturated heterocycles. The van der Waals surface area contributed by atoms with Crippen LogP contribution in [0.4, 0.5) is 11.4 Å². The Hall–Kier alpha value is -3.27. The molecule has 0 spiro atoms. The molecule has 9 nitrogen and oxygen atoms in total. The van der Waals surface area contributed by atoms with Crippen molar-refractivity contribution in [2.24, 2.45) is 0 Å². The molecule has 2 heterocycles. The van der Waals surface area contributed by atoms with Crippen molar-refractivity contribution in [3.05, 3.63) is 53.9 Å². The van der Waals surface area contributed by atoms with Gasteiger partial charge in [-0.2, -0.15) is 0 Å². The molecule has 0 saturated carbocycles. The Labute approximate surface area is 162 Å². The molecule has 4 rings (SSSR count). The van der Waals surface area contributed by atoms with Crippen LogP contribution in [-0.2, 0) is 21.2 Å². The molecule has 0 aliphatic carbocycles. The summed E-state index contributed by atoms with van der Waals surface area (Å²) in [5.41, 5.74) is 3.43. The summed E-state index contributed by atoms with van der Waals surface area (Å²) < 4.78 is 30.0. The lowest BCUT2D eigenvalue weighted by Gasteiger charge is -2.16. The van der Waals surface area contributed by atoms with Crippen LogP contribution in [0.2, 0.25) is 0 Å². The summed E-state index contributed by atoms with van der Waals surface area (Å²) in [6.45, 7) is 3.86. The fourth-order valence-electron chi connectivity index (χ4n) is 3.33. The van der Waals surface area contributed by atoms with E-state index in [1.54, 1.807) is 42.2 Å². The highest BCUT2D eigenvalue weighted by molar-refractivity contribution is 7.92. The van der Waals surface area contributed by atoms with E-state index in [1.807, 2.05) is 0 Å². The number of hydrogen-bond acceptors (Lipinski definition) is 6. The first-order chi connectivity index (χ1) is 13.4. The van der Waals surface area contributed by atoms with E-state index in [0.29, 0.717) is 29.9 Å². The van der Waals surface area contributed by atoms with Gasteiger partial charge in [-0.3, -0.25) is 9.52 Å². The molecule has 1 amide bonds. The standard InChI is InChI=1S/C18H18N6O3S/c1-12-16(4-3-5-17(12)24-11-19-21-22-24)20-28(26,27)15-6-7-18-14(10-15)8-9-23(18)13(2)25/h3-7,10-11,20H,8-9H2,1-2H3. The summed E-state index contributed by atoms with van der Waals surface area (Å²) in [4.78, 5) is 13.5. The van der Waals surface area contributed by atoms with Crippen molar-refractivity contribution in [2.75, 3.05) is 16.2 Å². The molecule has 28 heavy (non-hydrogen) atoms. The molecular formula is C18H18N6O3S. The molecule has 2 aromatic carbocycles. The number of fused-ring (bicyclic) bond motifs is 1. The first-order valence-corrected chi connectivity index (χ1v) is 10.1. The van der Waals surface area contributed by atoms with Crippen LogP contribution in [0.25, 0.3) is 5.69 Å².